The maximum absolute atomic E-state index is 12.1. The molecule has 3 rings (SSSR count). The van der Waals surface area contributed by atoms with Crippen molar-refractivity contribution in [2.75, 3.05) is 6.61 Å². The van der Waals surface area contributed by atoms with Gasteiger partial charge >= 0.3 is 0 Å². The van der Waals surface area contributed by atoms with E-state index < -0.39 is 0 Å². The molecule has 5 heteroatoms. The van der Waals surface area contributed by atoms with Gasteiger partial charge in [-0.15, -0.1) is 0 Å². The van der Waals surface area contributed by atoms with Gasteiger partial charge in [0.25, 0.3) is 5.91 Å². The van der Waals surface area contributed by atoms with Crippen LogP contribution in [0.1, 0.15) is 12.5 Å². The molecule has 2 aromatic carbocycles. The molecule has 0 radical (unpaired) electrons. The molecular formula is C19H18N2O2S. The highest BCUT2D eigenvalue weighted by molar-refractivity contribution is 7.16. The number of carbonyl (C=O) groups is 1. The van der Waals surface area contributed by atoms with Gasteiger partial charge in [-0.1, -0.05) is 41.7 Å². The minimum Gasteiger partial charge on any atom is -0.494 e. The predicted octanol–water partition coefficient (Wildman–Crippen LogP) is 3.78. The molecule has 4 nitrogen and oxygen atoms in total. The van der Waals surface area contributed by atoms with Gasteiger partial charge in [0, 0.05) is 13.1 Å². The zero-order valence-corrected chi connectivity index (χ0v) is 14.4. The van der Waals surface area contributed by atoms with E-state index in [1.165, 1.54) is 17.4 Å². The number of thiazole rings is 1. The van der Waals surface area contributed by atoms with Crippen LogP contribution >= 0.6 is 11.3 Å². The molecule has 0 atom stereocenters. The Bertz CT molecular complexity index is 952. The Morgan fingerprint density at radius 3 is 2.79 bits per heavy atom. The summed E-state index contributed by atoms with van der Waals surface area (Å²) >= 11 is 1.48. The lowest BCUT2D eigenvalue weighted by Crippen LogP contribution is -2.12. The SMILES string of the molecule is CCOc1ccc2c(c1)sc(=NC(=O)C=Cc1ccccc1)n2C. The van der Waals surface area contributed by atoms with Gasteiger partial charge in [0.05, 0.1) is 16.8 Å². The van der Waals surface area contributed by atoms with E-state index in [-0.39, 0.29) is 5.91 Å². The van der Waals surface area contributed by atoms with Gasteiger partial charge in [0.2, 0.25) is 0 Å². The third-order valence-corrected chi connectivity index (χ3v) is 4.61. The highest BCUT2D eigenvalue weighted by Gasteiger charge is 2.05. The van der Waals surface area contributed by atoms with E-state index in [0.717, 1.165) is 21.5 Å². The molecule has 1 amide bonds. The highest BCUT2D eigenvalue weighted by atomic mass is 32.1. The van der Waals surface area contributed by atoms with Gasteiger partial charge in [0.15, 0.2) is 4.80 Å². The van der Waals surface area contributed by atoms with Gasteiger partial charge in [0.1, 0.15) is 5.75 Å². The van der Waals surface area contributed by atoms with E-state index in [1.54, 1.807) is 6.08 Å². The molecule has 0 saturated carbocycles. The highest BCUT2D eigenvalue weighted by Crippen LogP contribution is 2.22. The van der Waals surface area contributed by atoms with Crippen molar-refractivity contribution >= 4 is 33.5 Å². The molecule has 1 aromatic heterocycles. The van der Waals surface area contributed by atoms with Crippen LogP contribution in [0.25, 0.3) is 16.3 Å². The van der Waals surface area contributed by atoms with Crippen molar-refractivity contribution in [2.24, 2.45) is 12.0 Å². The van der Waals surface area contributed by atoms with Crippen molar-refractivity contribution in [2.45, 2.75) is 6.92 Å². The molecule has 0 bridgehead atoms. The average Bonchev–Trinajstić information content (AvgIpc) is 2.90. The molecule has 0 N–H and O–H groups in total. The number of nitrogens with zero attached hydrogens (tertiary/aromatic N) is 2. The van der Waals surface area contributed by atoms with Crippen LogP contribution in [0.2, 0.25) is 0 Å². The van der Waals surface area contributed by atoms with E-state index in [1.807, 2.05) is 67.1 Å². The first-order valence-electron chi connectivity index (χ1n) is 7.71. The Hall–Kier alpha value is -2.66. The largest absolute Gasteiger partial charge is 0.494 e. The lowest BCUT2D eigenvalue weighted by molar-refractivity contribution is -0.113. The quantitative estimate of drug-likeness (QED) is 0.680. The molecular weight excluding hydrogens is 320 g/mol. The number of benzene rings is 2. The second-order valence-corrected chi connectivity index (χ2v) is 6.21. The second-order valence-electron chi connectivity index (χ2n) is 5.20. The number of amides is 1. The van der Waals surface area contributed by atoms with Crippen LogP contribution in [0.3, 0.4) is 0 Å². The molecule has 3 aromatic rings. The van der Waals surface area contributed by atoms with E-state index in [2.05, 4.69) is 4.99 Å². The lowest BCUT2D eigenvalue weighted by Gasteiger charge is -2.02. The first-order chi connectivity index (χ1) is 11.7. The Kier molecular flexibility index (Phi) is 4.91. The predicted molar refractivity (Wildman–Crippen MR) is 98.0 cm³/mol. The van der Waals surface area contributed by atoms with Crippen LogP contribution in [-0.4, -0.2) is 17.1 Å². The summed E-state index contributed by atoms with van der Waals surface area (Å²) in [6.07, 6.45) is 3.26. The van der Waals surface area contributed by atoms with E-state index >= 15 is 0 Å². The van der Waals surface area contributed by atoms with Crippen molar-refractivity contribution in [3.63, 3.8) is 0 Å². The first kappa shape index (κ1) is 16.2. The smallest absolute Gasteiger partial charge is 0.272 e. The van der Waals surface area contributed by atoms with Crippen molar-refractivity contribution in [3.05, 3.63) is 65.0 Å². The zero-order chi connectivity index (χ0) is 16.9. The molecule has 122 valence electrons. The molecule has 0 aliphatic rings. The van der Waals surface area contributed by atoms with Crippen LogP contribution in [0.15, 0.2) is 59.6 Å². The molecule has 0 fully saturated rings. The number of rotatable bonds is 4. The third kappa shape index (κ3) is 3.63. The van der Waals surface area contributed by atoms with Crippen LogP contribution in [-0.2, 0) is 11.8 Å². The maximum atomic E-state index is 12.1. The molecule has 24 heavy (non-hydrogen) atoms. The number of hydrogen-bond donors (Lipinski definition) is 0. The summed E-state index contributed by atoms with van der Waals surface area (Å²) in [5.74, 6) is 0.555. The minimum atomic E-state index is -0.272. The summed E-state index contributed by atoms with van der Waals surface area (Å²) in [7, 11) is 1.91. The molecule has 0 saturated heterocycles. The second kappa shape index (κ2) is 7.27. The fourth-order valence-corrected chi connectivity index (χ4v) is 3.39. The summed E-state index contributed by atoms with van der Waals surface area (Å²) in [6, 6.07) is 15.6. The van der Waals surface area contributed by atoms with Crippen LogP contribution in [0.4, 0.5) is 0 Å². The fraction of sp³-hybridized carbons (Fsp3) is 0.158. The number of hydrogen-bond acceptors (Lipinski definition) is 3. The third-order valence-electron chi connectivity index (χ3n) is 3.52. The average molecular weight is 338 g/mol. The Morgan fingerprint density at radius 2 is 2.04 bits per heavy atom. The Balaban J connectivity index is 1.90. The number of carbonyl (C=O) groups excluding carboxylic acids is 1. The molecule has 0 spiro atoms. The van der Waals surface area contributed by atoms with Gasteiger partial charge < -0.3 is 9.30 Å². The van der Waals surface area contributed by atoms with E-state index in [4.69, 9.17) is 4.74 Å². The summed E-state index contributed by atoms with van der Waals surface area (Å²) in [4.78, 5) is 17.0. The number of ether oxygens (including phenoxy) is 1. The van der Waals surface area contributed by atoms with Crippen molar-refractivity contribution < 1.29 is 9.53 Å². The first-order valence-corrected chi connectivity index (χ1v) is 8.53. The normalized spacial score (nSPS) is 12.2. The van der Waals surface area contributed by atoms with E-state index in [0.29, 0.717) is 11.4 Å². The number of fused-ring (bicyclic) bond motifs is 1. The topological polar surface area (TPSA) is 43.6 Å². The zero-order valence-electron chi connectivity index (χ0n) is 13.6. The summed E-state index contributed by atoms with van der Waals surface area (Å²) in [5, 5.41) is 0. The van der Waals surface area contributed by atoms with Gasteiger partial charge in [-0.3, -0.25) is 4.79 Å². The molecule has 0 aliphatic heterocycles. The van der Waals surface area contributed by atoms with E-state index in [9.17, 15) is 4.79 Å². The monoisotopic (exact) mass is 338 g/mol. The Morgan fingerprint density at radius 1 is 1.25 bits per heavy atom. The minimum absolute atomic E-state index is 0.272. The summed E-state index contributed by atoms with van der Waals surface area (Å²) in [6.45, 7) is 2.58. The number of aromatic nitrogens is 1. The lowest BCUT2D eigenvalue weighted by atomic mass is 10.2. The Labute approximate surface area is 144 Å². The van der Waals surface area contributed by atoms with Crippen molar-refractivity contribution in [3.8, 4) is 5.75 Å². The molecule has 0 aliphatic carbocycles. The fourth-order valence-electron chi connectivity index (χ4n) is 2.34. The standard InChI is InChI=1S/C19H18N2O2S/c1-3-23-15-10-11-16-17(13-15)24-19(21(16)2)20-18(22)12-9-14-7-5-4-6-8-14/h4-13H,3H2,1-2H3. The van der Waals surface area contributed by atoms with Crippen molar-refractivity contribution in [1.82, 2.24) is 4.57 Å². The number of aryl methyl sites for hydroxylation is 1. The maximum Gasteiger partial charge on any atom is 0.272 e. The molecule has 0 unspecified atom stereocenters. The van der Waals surface area contributed by atoms with Gasteiger partial charge in [-0.25, -0.2) is 0 Å². The molecule has 1 heterocycles. The van der Waals surface area contributed by atoms with Crippen LogP contribution in [0, 0.1) is 0 Å². The van der Waals surface area contributed by atoms with Crippen molar-refractivity contribution in [1.29, 1.82) is 0 Å². The van der Waals surface area contributed by atoms with Gasteiger partial charge in [-0.05, 0) is 36.8 Å². The van der Waals surface area contributed by atoms with Crippen LogP contribution in [0.5, 0.6) is 5.75 Å². The van der Waals surface area contributed by atoms with Crippen LogP contribution < -0.4 is 9.54 Å². The summed E-state index contributed by atoms with van der Waals surface area (Å²) < 4.78 is 8.48. The van der Waals surface area contributed by atoms with Gasteiger partial charge in [-0.2, -0.15) is 4.99 Å². The summed E-state index contributed by atoms with van der Waals surface area (Å²) in [5.41, 5.74) is 2.00.